The van der Waals surface area contributed by atoms with Gasteiger partial charge >= 0.3 is 0 Å². The number of nitrogens with one attached hydrogen (secondary N) is 2. The summed E-state index contributed by atoms with van der Waals surface area (Å²) in [5, 5.41) is 4.21. The number of quaternary nitrogens is 1. The van der Waals surface area contributed by atoms with Crippen LogP contribution in [0, 0.1) is 0 Å². The van der Waals surface area contributed by atoms with E-state index in [4.69, 9.17) is 4.42 Å². The largest absolute Gasteiger partial charge is 0.464 e. The molecule has 0 aliphatic heterocycles. The topological polar surface area (TPSA) is 46.7 Å². The number of likely N-dealkylation sites (N-methyl/N-ethyl adjacent to an activating group) is 1. The van der Waals surface area contributed by atoms with Gasteiger partial charge in [-0.15, -0.1) is 0 Å². The molecular formula is C22H27N2O2+. The molecule has 2 N–H and O–H groups in total. The Morgan fingerprint density at radius 3 is 2.62 bits per heavy atom. The van der Waals surface area contributed by atoms with Crippen molar-refractivity contribution in [3.05, 3.63) is 71.5 Å². The molecule has 1 amide bonds. The molecule has 4 nitrogen and oxygen atoms in total. The van der Waals surface area contributed by atoms with Crippen LogP contribution in [0.15, 0.2) is 59.2 Å². The van der Waals surface area contributed by atoms with Crippen LogP contribution >= 0.6 is 0 Å². The zero-order chi connectivity index (χ0) is 18.5. The highest BCUT2D eigenvalue weighted by Gasteiger charge is 2.19. The van der Waals surface area contributed by atoms with E-state index in [2.05, 4.69) is 56.7 Å². The number of carbonyl (C=O) groups is 1. The Morgan fingerprint density at radius 2 is 1.92 bits per heavy atom. The summed E-state index contributed by atoms with van der Waals surface area (Å²) in [5.41, 5.74) is 4.15. The van der Waals surface area contributed by atoms with E-state index in [-0.39, 0.29) is 11.9 Å². The predicted molar refractivity (Wildman–Crippen MR) is 104 cm³/mol. The molecule has 0 aliphatic carbocycles. The summed E-state index contributed by atoms with van der Waals surface area (Å²) >= 11 is 0. The molecule has 1 aromatic heterocycles. The molecule has 0 spiro atoms. The van der Waals surface area contributed by atoms with Gasteiger partial charge < -0.3 is 14.6 Å². The molecule has 2 aromatic carbocycles. The number of fused-ring (bicyclic) bond motifs is 1. The smallest absolute Gasteiger partial charge is 0.225 e. The predicted octanol–water partition coefficient (Wildman–Crippen LogP) is 2.54. The van der Waals surface area contributed by atoms with Gasteiger partial charge in [0.2, 0.25) is 5.91 Å². The van der Waals surface area contributed by atoms with E-state index in [9.17, 15) is 4.79 Å². The van der Waals surface area contributed by atoms with Crippen LogP contribution in [-0.4, -0.2) is 26.5 Å². The number of hydrogen-bond acceptors (Lipinski definition) is 2. The maximum Gasteiger partial charge on any atom is 0.225 e. The number of furan rings is 1. The van der Waals surface area contributed by atoms with Crippen LogP contribution in [0.4, 0.5) is 0 Å². The lowest BCUT2D eigenvalue weighted by Crippen LogP contribution is -3.06. The summed E-state index contributed by atoms with van der Waals surface area (Å²) in [4.78, 5) is 14.0. The Bertz CT molecular complexity index is 868. The Labute approximate surface area is 154 Å². The number of amides is 1. The van der Waals surface area contributed by atoms with E-state index in [0.29, 0.717) is 6.42 Å². The van der Waals surface area contributed by atoms with E-state index in [1.807, 2.05) is 18.2 Å². The van der Waals surface area contributed by atoms with Crippen molar-refractivity contribution in [2.24, 2.45) is 0 Å². The summed E-state index contributed by atoms with van der Waals surface area (Å²) in [5.74, 6) is 0.0161. The number of hydrogen-bond donors (Lipinski definition) is 2. The molecule has 136 valence electrons. The first-order valence-corrected chi connectivity index (χ1v) is 9.19. The summed E-state index contributed by atoms with van der Waals surface area (Å²) < 4.78 is 5.66. The van der Waals surface area contributed by atoms with Gasteiger partial charge in [-0.3, -0.25) is 4.79 Å². The Morgan fingerprint density at radius 1 is 1.15 bits per heavy atom. The lowest BCUT2D eigenvalue weighted by Gasteiger charge is -2.20. The summed E-state index contributed by atoms with van der Waals surface area (Å²) in [7, 11) is 4.19. The SMILES string of the molecule is CCc1ccc2c(CC(=O)N[C@H](C[NH+](C)C)c3ccccc3)coc2c1. The molecule has 0 unspecified atom stereocenters. The molecule has 1 atom stereocenters. The molecule has 0 radical (unpaired) electrons. The lowest BCUT2D eigenvalue weighted by molar-refractivity contribution is -0.860. The van der Waals surface area contributed by atoms with Gasteiger partial charge in [-0.2, -0.15) is 0 Å². The fourth-order valence-corrected chi connectivity index (χ4v) is 3.25. The number of benzene rings is 2. The molecular weight excluding hydrogens is 324 g/mol. The van der Waals surface area contributed by atoms with Gasteiger partial charge in [-0.25, -0.2) is 0 Å². The molecule has 0 saturated heterocycles. The van der Waals surface area contributed by atoms with Crippen molar-refractivity contribution in [1.29, 1.82) is 0 Å². The average molecular weight is 351 g/mol. The zero-order valence-corrected chi connectivity index (χ0v) is 15.7. The van der Waals surface area contributed by atoms with E-state index in [1.165, 1.54) is 10.5 Å². The van der Waals surface area contributed by atoms with Gasteiger partial charge in [0.15, 0.2) is 0 Å². The van der Waals surface area contributed by atoms with Crippen molar-refractivity contribution >= 4 is 16.9 Å². The Balaban J connectivity index is 1.74. The van der Waals surface area contributed by atoms with Crippen molar-refractivity contribution in [3.63, 3.8) is 0 Å². The van der Waals surface area contributed by atoms with Crippen LogP contribution in [0.25, 0.3) is 11.0 Å². The molecule has 3 aromatic rings. The number of aryl methyl sites for hydroxylation is 1. The van der Waals surface area contributed by atoms with Crippen molar-refractivity contribution < 1.29 is 14.1 Å². The van der Waals surface area contributed by atoms with E-state index in [0.717, 1.165) is 35.1 Å². The van der Waals surface area contributed by atoms with Crippen molar-refractivity contribution in [3.8, 4) is 0 Å². The van der Waals surface area contributed by atoms with Gasteiger partial charge in [0, 0.05) is 10.9 Å². The molecule has 0 fully saturated rings. The number of rotatable bonds is 7. The van der Waals surface area contributed by atoms with Crippen LogP contribution in [0.1, 0.15) is 29.7 Å². The molecule has 0 saturated carbocycles. The second-order valence-corrected chi connectivity index (χ2v) is 7.06. The summed E-state index contributed by atoms with van der Waals surface area (Å²) in [6.07, 6.45) is 3.00. The van der Waals surface area contributed by atoms with Crippen molar-refractivity contribution in [2.75, 3.05) is 20.6 Å². The Kier molecular flexibility index (Phi) is 5.74. The maximum atomic E-state index is 12.7. The first-order chi connectivity index (χ1) is 12.6. The highest BCUT2D eigenvalue weighted by Crippen LogP contribution is 2.23. The molecule has 0 aliphatic rings. The molecule has 1 heterocycles. The van der Waals surface area contributed by atoms with Crippen molar-refractivity contribution in [2.45, 2.75) is 25.8 Å². The minimum Gasteiger partial charge on any atom is -0.464 e. The normalized spacial score (nSPS) is 12.5. The average Bonchev–Trinajstić information content (AvgIpc) is 3.03. The van der Waals surface area contributed by atoms with Crippen LogP contribution in [-0.2, 0) is 17.6 Å². The third-order valence-corrected chi connectivity index (χ3v) is 4.63. The second-order valence-electron chi connectivity index (χ2n) is 7.06. The van der Waals surface area contributed by atoms with E-state index < -0.39 is 0 Å². The lowest BCUT2D eigenvalue weighted by atomic mass is 10.0. The Hall–Kier alpha value is -2.59. The standard InChI is InChI=1S/C22H26N2O2/c1-4-16-10-11-19-18(15-26-21(19)12-16)13-22(25)23-20(14-24(2)3)17-8-6-5-7-9-17/h5-12,15,20H,4,13-14H2,1-3H3,(H,23,25)/p+1/t20-/m1/s1. The van der Waals surface area contributed by atoms with Gasteiger partial charge in [0.1, 0.15) is 18.2 Å². The summed E-state index contributed by atoms with van der Waals surface area (Å²) in [6, 6.07) is 16.3. The van der Waals surface area contributed by atoms with Crippen LogP contribution in [0.3, 0.4) is 0 Å². The molecule has 4 heteroatoms. The second kappa shape index (κ2) is 8.19. The summed E-state index contributed by atoms with van der Waals surface area (Å²) in [6.45, 7) is 2.96. The van der Waals surface area contributed by atoms with Gasteiger partial charge in [-0.1, -0.05) is 49.4 Å². The third kappa shape index (κ3) is 4.33. The monoisotopic (exact) mass is 351 g/mol. The molecule has 26 heavy (non-hydrogen) atoms. The van der Waals surface area contributed by atoms with Gasteiger partial charge in [0.25, 0.3) is 0 Å². The van der Waals surface area contributed by atoms with E-state index >= 15 is 0 Å². The van der Waals surface area contributed by atoms with Crippen LogP contribution < -0.4 is 10.2 Å². The zero-order valence-electron chi connectivity index (χ0n) is 15.7. The highest BCUT2D eigenvalue weighted by molar-refractivity contribution is 5.88. The first kappa shape index (κ1) is 18.2. The number of carbonyl (C=O) groups excluding carboxylic acids is 1. The van der Waals surface area contributed by atoms with Gasteiger partial charge in [0.05, 0.1) is 26.8 Å². The highest BCUT2D eigenvalue weighted by atomic mass is 16.3. The van der Waals surface area contributed by atoms with Gasteiger partial charge in [-0.05, 0) is 23.6 Å². The quantitative estimate of drug-likeness (QED) is 0.687. The minimum atomic E-state index is -0.00133. The first-order valence-electron chi connectivity index (χ1n) is 9.19. The molecule has 0 bridgehead atoms. The third-order valence-electron chi connectivity index (χ3n) is 4.63. The van der Waals surface area contributed by atoms with E-state index in [1.54, 1.807) is 6.26 Å². The molecule has 3 rings (SSSR count). The maximum absolute atomic E-state index is 12.7. The minimum absolute atomic E-state index is 0.00133. The van der Waals surface area contributed by atoms with Crippen LogP contribution in [0.5, 0.6) is 0 Å². The van der Waals surface area contributed by atoms with Crippen molar-refractivity contribution in [1.82, 2.24) is 5.32 Å². The fourth-order valence-electron chi connectivity index (χ4n) is 3.25. The van der Waals surface area contributed by atoms with Crippen LogP contribution in [0.2, 0.25) is 0 Å². The fraction of sp³-hybridized carbons (Fsp3) is 0.318.